The SMILES string of the molecule is CCCC(=O)NCCC(C)(C)OCCC(C)(C)C(=O)NCCSCC(C)(C)C. The van der Waals surface area contributed by atoms with Gasteiger partial charge in [0.1, 0.15) is 0 Å². The number of ether oxygens (including phenoxy) is 1. The molecule has 0 radical (unpaired) electrons. The first-order valence-electron chi connectivity index (χ1n) is 10.6. The van der Waals surface area contributed by atoms with Crippen LogP contribution in [-0.4, -0.2) is 48.6 Å². The van der Waals surface area contributed by atoms with Crippen molar-refractivity contribution in [1.29, 1.82) is 0 Å². The van der Waals surface area contributed by atoms with Crippen LogP contribution < -0.4 is 10.6 Å². The summed E-state index contributed by atoms with van der Waals surface area (Å²) < 4.78 is 6.00. The number of carbonyl (C=O) groups excluding carboxylic acids is 2. The van der Waals surface area contributed by atoms with Gasteiger partial charge in [-0.1, -0.05) is 41.5 Å². The maximum Gasteiger partial charge on any atom is 0.225 e. The number of rotatable bonds is 14. The highest BCUT2D eigenvalue weighted by molar-refractivity contribution is 7.99. The van der Waals surface area contributed by atoms with Gasteiger partial charge < -0.3 is 15.4 Å². The molecule has 6 heteroatoms. The summed E-state index contributed by atoms with van der Waals surface area (Å²) in [6, 6.07) is 0. The van der Waals surface area contributed by atoms with E-state index in [1.807, 2.05) is 46.4 Å². The van der Waals surface area contributed by atoms with E-state index in [1.165, 1.54) is 0 Å². The first kappa shape index (κ1) is 27.2. The molecule has 166 valence electrons. The molecule has 0 aliphatic carbocycles. The molecule has 0 spiro atoms. The zero-order chi connectivity index (χ0) is 21.8. The van der Waals surface area contributed by atoms with Crippen LogP contribution in [0.2, 0.25) is 0 Å². The maximum absolute atomic E-state index is 12.5. The van der Waals surface area contributed by atoms with Crippen LogP contribution in [0.1, 0.15) is 81.1 Å². The van der Waals surface area contributed by atoms with E-state index in [4.69, 9.17) is 4.74 Å². The van der Waals surface area contributed by atoms with Crippen molar-refractivity contribution in [1.82, 2.24) is 10.6 Å². The third kappa shape index (κ3) is 14.3. The van der Waals surface area contributed by atoms with Crippen molar-refractivity contribution in [3.8, 4) is 0 Å². The summed E-state index contributed by atoms with van der Waals surface area (Å²) in [6.45, 7) is 18.5. The van der Waals surface area contributed by atoms with Crippen LogP contribution in [0, 0.1) is 10.8 Å². The quantitative estimate of drug-likeness (QED) is 0.412. The molecule has 0 rings (SSSR count). The molecule has 0 heterocycles. The zero-order valence-electron chi connectivity index (χ0n) is 19.5. The molecular weight excluding hydrogens is 372 g/mol. The van der Waals surface area contributed by atoms with Gasteiger partial charge in [0.05, 0.1) is 5.60 Å². The first-order chi connectivity index (χ1) is 12.8. The predicted octanol–water partition coefficient (Wildman–Crippen LogP) is 4.40. The topological polar surface area (TPSA) is 67.4 Å². The number of amides is 2. The summed E-state index contributed by atoms with van der Waals surface area (Å²) in [5, 5.41) is 5.97. The van der Waals surface area contributed by atoms with E-state index < -0.39 is 5.41 Å². The highest BCUT2D eigenvalue weighted by Gasteiger charge is 2.28. The van der Waals surface area contributed by atoms with Gasteiger partial charge in [0.2, 0.25) is 11.8 Å². The summed E-state index contributed by atoms with van der Waals surface area (Å²) in [4.78, 5) is 24.0. The van der Waals surface area contributed by atoms with Crippen LogP contribution in [0.25, 0.3) is 0 Å². The van der Waals surface area contributed by atoms with E-state index in [2.05, 4.69) is 31.4 Å². The summed E-state index contributed by atoms with van der Waals surface area (Å²) in [5.41, 5.74) is -0.466. The summed E-state index contributed by atoms with van der Waals surface area (Å²) >= 11 is 1.88. The smallest absolute Gasteiger partial charge is 0.225 e. The lowest BCUT2D eigenvalue weighted by molar-refractivity contribution is -0.131. The van der Waals surface area contributed by atoms with Gasteiger partial charge >= 0.3 is 0 Å². The van der Waals surface area contributed by atoms with Crippen LogP contribution in [0.4, 0.5) is 0 Å². The van der Waals surface area contributed by atoms with Gasteiger partial charge in [-0.25, -0.2) is 0 Å². The summed E-state index contributed by atoms with van der Waals surface area (Å²) in [7, 11) is 0. The van der Waals surface area contributed by atoms with Crippen molar-refractivity contribution in [2.45, 2.75) is 86.7 Å². The van der Waals surface area contributed by atoms with Crippen molar-refractivity contribution in [3.63, 3.8) is 0 Å². The van der Waals surface area contributed by atoms with Gasteiger partial charge in [0, 0.05) is 37.3 Å². The van der Waals surface area contributed by atoms with E-state index >= 15 is 0 Å². The third-order valence-electron chi connectivity index (χ3n) is 4.43. The first-order valence-corrected chi connectivity index (χ1v) is 11.7. The highest BCUT2D eigenvalue weighted by atomic mass is 32.2. The molecule has 0 bridgehead atoms. The Balaban J connectivity index is 4.08. The number of thioether (sulfide) groups is 1. The molecular formula is C22H44N2O3S. The van der Waals surface area contributed by atoms with E-state index in [0.29, 0.717) is 38.0 Å². The molecule has 0 aliphatic heterocycles. The minimum Gasteiger partial charge on any atom is -0.375 e. The number of hydrogen-bond donors (Lipinski definition) is 2. The lowest BCUT2D eigenvalue weighted by Crippen LogP contribution is -2.39. The van der Waals surface area contributed by atoms with Crippen LogP contribution in [0.15, 0.2) is 0 Å². The van der Waals surface area contributed by atoms with Crippen LogP contribution in [0.5, 0.6) is 0 Å². The molecule has 2 N–H and O–H groups in total. The molecule has 0 aromatic rings. The monoisotopic (exact) mass is 416 g/mol. The Bertz CT molecular complexity index is 471. The molecule has 0 saturated carbocycles. The normalized spacial score (nSPS) is 12.7. The van der Waals surface area contributed by atoms with Crippen molar-refractivity contribution in [2.24, 2.45) is 10.8 Å². The van der Waals surface area contributed by atoms with E-state index in [-0.39, 0.29) is 17.4 Å². The standard InChI is InChI=1S/C22H44N2O3S/c1-9-10-18(25)23-13-11-22(7,8)27-15-12-21(5,6)19(26)24-14-16-28-17-20(2,3)4/h9-17H2,1-8H3,(H,23,25)(H,24,26). The molecule has 0 aliphatic rings. The van der Waals surface area contributed by atoms with Gasteiger partial charge in [0.15, 0.2) is 0 Å². The fraction of sp³-hybridized carbons (Fsp3) is 0.909. The average Bonchev–Trinajstić information content (AvgIpc) is 2.52. The lowest BCUT2D eigenvalue weighted by Gasteiger charge is -2.29. The van der Waals surface area contributed by atoms with Crippen molar-refractivity contribution < 1.29 is 14.3 Å². The molecule has 0 saturated heterocycles. The maximum atomic E-state index is 12.5. The van der Waals surface area contributed by atoms with E-state index in [0.717, 1.165) is 24.3 Å². The minimum absolute atomic E-state index is 0.0806. The lowest BCUT2D eigenvalue weighted by atomic mass is 9.88. The van der Waals surface area contributed by atoms with Crippen molar-refractivity contribution in [2.75, 3.05) is 31.2 Å². The molecule has 0 fully saturated rings. The number of hydrogen-bond acceptors (Lipinski definition) is 4. The van der Waals surface area contributed by atoms with Crippen molar-refractivity contribution in [3.05, 3.63) is 0 Å². The Labute approximate surface area is 177 Å². The van der Waals surface area contributed by atoms with Crippen LogP contribution in [0.3, 0.4) is 0 Å². The highest BCUT2D eigenvalue weighted by Crippen LogP contribution is 2.23. The van der Waals surface area contributed by atoms with Gasteiger partial charge in [-0.05, 0) is 44.3 Å². The van der Waals surface area contributed by atoms with Gasteiger partial charge in [-0.15, -0.1) is 0 Å². The molecule has 0 unspecified atom stereocenters. The Kier molecular flexibility index (Phi) is 12.4. The zero-order valence-corrected chi connectivity index (χ0v) is 20.3. The van der Waals surface area contributed by atoms with Gasteiger partial charge in [0.25, 0.3) is 0 Å². The molecule has 2 amide bonds. The minimum atomic E-state index is -0.458. The molecule has 0 atom stereocenters. The van der Waals surface area contributed by atoms with Crippen LogP contribution >= 0.6 is 11.8 Å². The largest absolute Gasteiger partial charge is 0.375 e. The number of nitrogens with one attached hydrogen (secondary N) is 2. The summed E-state index contributed by atoms with van der Waals surface area (Å²) in [5.74, 6) is 2.20. The number of carbonyl (C=O) groups is 2. The fourth-order valence-corrected chi connectivity index (χ4v) is 3.44. The second-order valence-electron chi connectivity index (χ2n) is 9.96. The Morgan fingerprint density at radius 2 is 1.57 bits per heavy atom. The second kappa shape index (κ2) is 12.7. The molecule has 0 aromatic carbocycles. The summed E-state index contributed by atoms with van der Waals surface area (Å²) in [6.07, 6.45) is 2.84. The van der Waals surface area contributed by atoms with E-state index in [9.17, 15) is 9.59 Å². The third-order valence-corrected chi connectivity index (χ3v) is 5.99. The van der Waals surface area contributed by atoms with Gasteiger partial charge in [-0.2, -0.15) is 11.8 Å². The van der Waals surface area contributed by atoms with Crippen molar-refractivity contribution >= 4 is 23.6 Å². The second-order valence-corrected chi connectivity index (χ2v) is 11.1. The predicted molar refractivity (Wildman–Crippen MR) is 121 cm³/mol. The van der Waals surface area contributed by atoms with E-state index in [1.54, 1.807) is 0 Å². The molecule has 5 nitrogen and oxygen atoms in total. The molecule has 28 heavy (non-hydrogen) atoms. The molecule has 0 aromatic heterocycles. The van der Waals surface area contributed by atoms with Crippen LogP contribution in [-0.2, 0) is 14.3 Å². The van der Waals surface area contributed by atoms with Gasteiger partial charge in [-0.3, -0.25) is 9.59 Å². The Morgan fingerprint density at radius 1 is 0.929 bits per heavy atom. The Morgan fingerprint density at radius 3 is 2.14 bits per heavy atom. The average molecular weight is 417 g/mol. The Hall–Kier alpha value is -0.750. The fourth-order valence-electron chi connectivity index (χ4n) is 2.44.